The van der Waals surface area contributed by atoms with Crippen molar-refractivity contribution in [3.05, 3.63) is 94.4 Å². The zero-order valence-corrected chi connectivity index (χ0v) is 19.2. The lowest BCUT2D eigenvalue weighted by molar-refractivity contribution is -0.144. The molecule has 6 nitrogen and oxygen atoms in total. The molecule has 34 heavy (non-hydrogen) atoms. The maximum Gasteiger partial charge on any atom is 0.313 e. The van der Waals surface area contributed by atoms with Crippen LogP contribution in [0.1, 0.15) is 18.0 Å². The molecule has 8 heteroatoms. The molecule has 2 aromatic rings. The standard InChI is InChI=1S/C26H23ClFN3O3/c1-34-19-9-2-15(3-10-19)24-23-20(21-14-16(27)4-11-22(21)30-23)12-13-31(24)26(33)25(32)29-18-7-5-17(28)6-8-18/h2-11,14,21-22,24,30H,12-13H2,1H3,(H,29,32). The molecular formula is C26H23ClFN3O3. The molecule has 3 aliphatic rings. The molecular weight excluding hydrogens is 457 g/mol. The molecule has 2 amide bonds. The van der Waals surface area contributed by atoms with Crippen molar-refractivity contribution in [3.63, 3.8) is 0 Å². The molecule has 5 rings (SSSR count). The summed E-state index contributed by atoms with van der Waals surface area (Å²) in [6, 6.07) is 12.4. The van der Waals surface area contributed by atoms with Crippen LogP contribution < -0.4 is 15.4 Å². The molecule has 174 valence electrons. The van der Waals surface area contributed by atoms with Crippen molar-refractivity contribution in [2.75, 3.05) is 19.0 Å². The number of nitrogens with one attached hydrogen (secondary N) is 2. The predicted octanol–water partition coefficient (Wildman–Crippen LogP) is 4.28. The zero-order chi connectivity index (χ0) is 23.8. The molecule has 0 saturated heterocycles. The predicted molar refractivity (Wildman–Crippen MR) is 128 cm³/mol. The smallest absolute Gasteiger partial charge is 0.313 e. The Morgan fingerprint density at radius 2 is 1.88 bits per heavy atom. The van der Waals surface area contributed by atoms with Gasteiger partial charge >= 0.3 is 11.8 Å². The van der Waals surface area contributed by atoms with Crippen LogP contribution in [0.4, 0.5) is 10.1 Å². The third-order valence-corrected chi connectivity index (χ3v) is 6.71. The van der Waals surface area contributed by atoms with Gasteiger partial charge in [-0.1, -0.05) is 35.9 Å². The van der Waals surface area contributed by atoms with Gasteiger partial charge in [-0.25, -0.2) is 4.39 Å². The molecule has 0 saturated carbocycles. The fourth-order valence-corrected chi connectivity index (χ4v) is 5.04. The Hall–Kier alpha value is -3.58. The van der Waals surface area contributed by atoms with Crippen LogP contribution in [-0.4, -0.2) is 36.4 Å². The third kappa shape index (κ3) is 4.07. The number of benzene rings is 2. The quantitative estimate of drug-likeness (QED) is 0.645. The molecule has 1 aliphatic carbocycles. The van der Waals surface area contributed by atoms with E-state index in [2.05, 4.69) is 10.6 Å². The topological polar surface area (TPSA) is 70.7 Å². The monoisotopic (exact) mass is 479 g/mol. The Kier molecular flexibility index (Phi) is 5.87. The lowest BCUT2D eigenvalue weighted by atomic mass is 9.85. The summed E-state index contributed by atoms with van der Waals surface area (Å²) in [4.78, 5) is 27.8. The fourth-order valence-electron chi connectivity index (χ4n) is 4.83. The summed E-state index contributed by atoms with van der Waals surface area (Å²) >= 11 is 6.28. The van der Waals surface area contributed by atoms with E-state index in [4.69, 9.17) is 16.3 Å². The van der Waals surface area contributed by atoms with Gasteiger partial charge in [-0.3, -0.25) is 9.59 Å². The number of allylic oxidation sites excluding steroid dienone is 2. The number of methoxy groups -OCH3 is 1. The fraction of sp³-hybridized carbons (Fsp3) is 0.231. The number of halogens is 2. The normalized spacial score (nSPS) is 23.0. The van der Waals surface area contributed by atoms with Crippen LogP contribution in [-0.2, 0) is 9.59 Å². The number of hydrogen-bond donors (Lipinski definition) is 2. The molecule has 0 fully saturated rings. The summed E-state index contributed by atoms with van der Waals surface area (Å²) in [5.74, 6) is -1.04. The summed E-state index contributed by atoms with van der Waals surface area (Å²) in [6.07, 6.45) is 6.56. The van der Waals surface area contributed by atoms with Crippen LogP contribution >= 0.6 is 11.6 Å². The molecule has 0 bridgehead atoms. The highest BCUT2D eigenvalue weighted by molar-refractivity contribution is 6.39. The first-order chi connectivity index (χ1) is 16.4. The van der Waals surface area contributed by atoms with E-state index in [0.717, 1.165) is 11.3 Å². The maximum absolute atomic E-state index is 13.3. The van der Waals surface area contributed by atoms with Gasteiger partial charge in [0.2, 0.25) is 0 Å². The summed E-state index contributed by atoms with van der Waals surface area (Å²) in [5.41, 5.74) is 3.33. The highest BCUT2D eigenvalue weighted by atomic mass is 35.5. The number of anilines is 1. The second-order valence-corrected chi connectivity index (χ2v) is 8.87. The summed E-state index contributed by atoms with van der Waals surface area (Å²) < 4.78 is 18.5. The number of amides is 2. The highest BCUT2D eigenvalue weighted by Gasteiger charge is 2.43. The number of ether oxygens (including phenoxy) is 1. The summed E-state index contributed by atoms with van der Waals surface area (Å²) in [6.45, 7) is 0.380. The molecule has 2 aromatic carbocycles. The first-order valence-electron chi connectivity index (χ1n) is 11.0. The lowest BCUT2D eigenvalue weighted by Gasteiger charge is -2.37. The second-order valence-electron chi connectivity index (χ2n) is 8.43. The van der Waals surface area contributed by atoms with Gasteiger partial charge in [0.1, 0.15) is 11.6 Å². The van der Waals surface area contributed by atoms with Gasteiger partial charge in [0.15, 0.2) is 0 Å². The lowest BCUT2D eigenvalue weighted by Crippen LogP contribution is -2.46. The van der Waals surface area contributed by atoms with Crippen LogP contribution in [0, 0.1) is 11.7 Å². The molecule has 2 N–H and O–H groups in total. The number of nitrogens with zero attached hydrogens (tertiary/aromatic N) is 1. The van der Waals surface area contributed by atoms with Crippen molar-refractivity contribution >= 4 is 29.1 Å². The Balaban J connectivity index is 1.48. The zero-order valence-electron chi connectivity index (χ0n) is 18.4. The molecule has 0 spiro atoms. The van der Waals surface area contributed by atoms with Crippen molar-refractivity contribution in [2.45, 2.75) is 18.5 Å². The Bertz CT molecular complexity index is 1220. The molecule has 2 aliphatic heterocycles. The second kappa shape index (κ2) is 8.99. The first-order valence-corrected chi connectivity index (χ1v) is 11.4. The molecule has 2 heterocycles. The van der Waals surface area contributed by atoms with Gasteiger partial charge in [-0.05, 0) is 60.0 Å². The number of carbonyl (C=O) groups is 2. The van der Waals surface area contributed by atoms with E-state index in [1.54, 1.807) is 12.0 Å². The van der Waals surface area contributed by atoms with E-state index in [9.17, 15) is 14.0 Å². The van der Waals surface area contributed by atoms with E-state index in [1.165, 1.54) is 29.8 Å². The van der Waals surface area contributed by atoms with E-state index in [-0.39, 0.29) is 12.0 Å². The highest BCUT2D eigenvalue weighted by Crippen LogP contribution is 2.44. The SMILES string of the molecule is COc1ccc(C2C3=C(CCN2C(=O)C(=O)Nc2ccc(F)cc2)C2C=C(Cl)C=CC2N3)cc1. The Morgan fingerprint density at radius 1 is 1.15 bits per heavy atom. The van der Waals surface area contributed by atoms with E-state index >= 15 is 0 Å². The minimum atomic E-state index is -0.771. The maximum atomic E-state index is 13.3. The van der Waals surface area contributed by atoms with Crippen molar-refractivity contribution in [2.24, 2.45) is 5.92 Å². The number of hydrogen-bond acceptors (Lipinski definition) is 4. The first kappa shape index (κ1) is 22.2. The van der Waals surface area contributed by atoms with Crippen LogP contribution in [0.3, 0.4) is 0 Å². The van der Waals surface area contributed by atoms with Crippen LogP contribution in [0.5, 0.6) is 5.75 Å². The average molecular weight is 480 g/mol. The average Bonchev–Trinajstić information content (AvgIpc) is 3.22. The van der Waals surface area contributed by atoms with Crippen LogP contribution in [0.15, 0.2) is 83.1 Å². The Labute approximate surface area is 201 Å². The van der Waals surface area contributed by atoms with Crippen molar-refractivity contribution in [1.82, 2.24) is 10.2 Å². The number of carbonyl (C=O) groups excluding carboxylic acids is 2. The summed E-state index contributed by atoms with van der Waals surface area (Å²) in [7, 11) is 1.59. The molecule has 3 unspecified atom stereocenters. The van der Waals surface area contributed by atoms with E-state index < -0.39 is 23.7 Å². The van der Waals surface area contributed by atoms with E-state index in [1.807, 2.05) is 42.5 Å². The summed E-state index contributed by atoms with van der Waals surface area (Å²) in [5, 5.41) is 6.83. The van der Waals surface area contributed by atoms with Gasteiger partial charge in [-0.15, -0.1) is 0 Å². The van der Waals surface area contributed by atoms with Gasteiger partial charge in [-0.2, -0.15) is 0 Å². The minimum Gasteiger partial charge on any atom is -0.497 e. The minimum absolute atomic E-state index is 0.0522. The van der Waals surface area contributed by atoms with E-state index in [0.29, 0.717) is 29.4 Å². The Morgan fingerprint density at radius 3 is 2.59 bits per heavy atom. The number of fused-ring (bicyclic) bond motifs is 2. The van der Waals surface area contributed by atoms with Crippen LogP contribution in [0.25, 0.3) is 0 Å². The molecule has 3 atom stereocenters. The molecule has 0 aromatic heterocycles. The van der Waals surface area contributed by atoms with Crippen molar-refractivity contribution in [1.29, 1.82) is 0 Å². The molecule has 0 radical (unpaired) electrons. The van der Waals surface area contributed by atoms with Gasteiger partial charge < -0.3 is 20.3 Å². The van der Waals surface area contributed by atoms with Gasteiger partial charge in [0.25, 0.3) is 0 Å². The van der Waals surface area contributed by atoms with Crippen LogP contribution in [0.2, 0.25) is 0 Å². The van der Waals surface area contributed by atoms with Crippen molar-refractivity contribution in [3.8, 4) is 5.75 Å². The largest absolute Gasteiger partial charge is 0.497 e. The third-order valence-electron chi connectivity index (χ3n) is 6.45. The number of rotatable bonds is 3. The van der Waals surface area contributed by atoms with Gasteiger partial charge in [0, 0.05) is 28.9 Å². The van der Waals surface area contributed by atoms with Crippen molar-refractivity contribution < 1.29 is 18.7 Å². The van der Waals surface area contributed by atoms with Gasteiger partial charge in [0.05, 0.1) is 19.2 Å².